The van der Waals surface area contributed by atoms with Gasteiger partial charge in [-0.2, -0.15) is 4.99 Å². The van der Waals surface area contributed by atoms with E-state index < -0.39 is 6.03 Å². The molecule has 1 heterocycles. The first-order valence-corrected chi connectivity index (χ1v) is 8.11. The summed E-state index contributed by atoms with van der Waals surface area (Å²) in [5, 5.41) is 1.35. The summed E-state index contributed by atoms with van der Waals surface area (Å²) in [6.07, 6.45) is 2.86. The summed E-state index contributed by atoms with van der Waals surface area (Å²) in [6, 6.07) is 6.37. The molecule has 1 fully saturated rings. The van der Waals surface area contributed by atoms with Crippen molar-refractivity contribution < 1.29 is 9.59 Å². The Bertz CT molecular complexity index is 652. The van der Waals surface area contributed by atoms with Crippen LogP contribution in [0.3, 0.4) is 0 Å². The zero-order chi connectivity index (χ0) is 14.8. The number of nitrogens with zero attached hydrogens (tertiary/aromatic N) is 2. The Morgan fingerprint density at radius 1 is 1.29 bits per heavy atom. The maximum absolute atomic E-state index is 12.1. The summed E-state index contributed by atoms with van der Waals surface area (Å²) in [5.41, 5.74) is 1.55. The SMILES string of the molecule is O=C1N=C2CCCC2C(SCC(=O)c2ccc(Cl)cc2)=N1. The molecule has 1 saturated carbocycles. The van der Waals surface area contributed by atoms with Crippen molar-refractivity contribution >= 4 is 45.9 Å². The lowest BCUT2D eigenvalue weighted by Gasteiger charge is -2.16. The molecule has 4 nitrogen and oxygen atoms in total. The van der Waals surface area contributed by atoms with E-state index in [1.807, 2.05) is 0 Å². The number of fused-ring (bicyclic) bond motifs is 1. The Labute approximate surface area is 131 Å². The lowest BCUT2D eigenvalue weighted by Crippen LogP contribution is -2.23. The number of ketones is 1. The molecule has 0 spiro atoms. The van der Waals surface area contributed by atoms with Crippen molar-refractivity contribution in [1.29, 1.82) is 0 Å². The molecule has 108 valence electrons. The summed E-state index contributed by atoms with van der Waals surface area (Å²) in [4.78, 5) is 31.6. The first-order valence-electron chi connectivity index (χ1n) is 6.75. The van der Waals surface area contributed by atoms with Crippen LogP contribution in [0.25, 0.3) is 0 Å². The van der Waals surface area contributed by atoms with E-state index in [4.69, 9.17) is 11.6 Å². The maximum Gasteiger partial charge on any atom is 0.367 e. The maximum atomic E-state index is 12.1. The van der Waals surface area contributed by atoms with Crippen LogP contribution in [-0.4, -0.2) is 28.3 Å². The fourth-order valence-corrected chi connectivity index (χ4v) is 3.71. The molecule has 0 aromatic heterocycles. The van der Waals surface area contributed by atoms with Crippen LogP contribution >= 0.6 is 23.4 Å². The minimum Gasteiger partial charge on any atom is -0.293 e. The van der Waals surface area contributed by atoms with Crippen molar-refractivity contribution in [3.63, 3.8) is 0 Å². The Kier molecular flexibility index (Phi) is 4.22. The average molecular weight is 321 g/mol. The Morgan fingerprint density at radius 2 is 2.05 bits per heavy atom. The molecular weight excluding hydrogens is 308 g/mol. The van der Waals surface area contributed by atoms with Crippen molar-refractivity contribution in [2.75, 3.05) is 5.75 Å². The van der Waals surface area contributed by atoms with E-state index in [0.29, 0.717) is 10.6 Å². The molecular formula is C15H13ClN2O2S. The number of benzene rings is 1. The van der Waals surface area contributed by atoms with Crippen LogP contribution in [0.5, 0.6) is 0 Å². The molecule has 1 aliphatic carbocycles. The first kappa shape index (κ1) is 14.5. The normalized spacial score (nSPS) is 20.8. The Balaban J connectivity index is 1.66. The number of carbonyl (C=O) groups is 2. The highest BCUT2D eigenvalue weighted by Gasteiger charge is 2.32. The van der Waals surface area contributed by atoms with Crippen molar-refractivity contribution in [3.8, 4) is 0 Å². The third kappa shape index (κ3) is 3.24. The predicted octanol–water partition coefficient (Wildman–Crippen LogP) is 4.03. The average Bonchev–Trinajstić information content (AvgIpc) is 2.93. The molecule has 2 amide bonds. The third-order valence-corrected chi connectivity index (χ3v) is 4.92. The molecule has 0 N–H and O–H groups in total. The van der Waals surface area contributed by atoms with E-state index in [0.717, 1.165) is 30.0 Å². The van der Waals surface area contributed by atoms with Crippen molar-refractivity contribution in [2.45, 2.75) is 19.3 Å². The largest absolute Gasteiger partial charge is 0.367 e. The number of hydrogen-bond donors (Lipinski definition) is 0. The lowest BCUT2D eigenvalue weighted by atomic mass is 10.1. The fraction of sp³-hybridized carbons (Fsp3) is 0.333. The summed E-state index contributed by atoms with van der Waals surface area (Å²) in [7, 11) is 0. The van der Waals surface area contributed by atoms with E-state index in [9.17, 15) is 9.59 Å². The third-order valence-electron chi connectivity index (χ3n) is 3.59. The number of carbonyl (C=O) groups excluding carboxylic acids is 2. The van der Waals surface area contributed by atoms with Gasteiger partial charge in [0.25, 0.3) is 0 Å². The molecule has 0 bridgehead atoms. The highest BCUT2D eigenvalue weighted by atomic mass is 35.5. The van der Waals surface area contributed by atoms with Gasteiger partial charge in [-0.15, -0.1) is 11.8 Å². The number of rotatable bonds is 3. The first-order chi connectivity index (χ1) is 10.1. The van der Waals surface area contributed by atoms with E-state index in [1.54, 1.807) is 24.3 Å². The molecule has 21 heavy (non-hydrogen) atoms. The quantitative estimate of drug-likeness (QED) is 0.790. The fourth-order valence-electron chi connectivity index (χ4n) is 2.54. The number of thioether (sulfide) groups is 1. The van der Waals surface area contributed by atoms with Gasteiger partial charge in [0.05, 0.1) is 10.8 Å². The number of hydrogen-bond acceptors (Lipinski definition) is 3. The van der Waals surface area contributed by atoms with Gasteiger partial charge in [-0.05, 0) is 43.5 Å². The second-order valence-corrected chi connectivity index (χ2v) is 6.43. The van der Waals surface area contributed by atoms with Crippen molar-refractivity contribution in [2.24, 2.45) is 15.9 Å². The summed E-state index contributed by atoms with van der Waals surface area (Å²) >= 11 is 7.16. The van der Waals surface area contributed by atoms with Gasteiger partial charge in [0, 0.05) is 22.2 Å². The van der Waals surface area contributed by atoms with Crippen LogP contribution in [-0.2, 0) is 0 Å². The minimum absolute atomic E-state index is 0.00822. The summed E-state index contributed by atoms with van der Waals surface area (Å²) in [5.74, 6) is 0.428. The van der Waals surface area contributed by atoms with Gasteiger partial charge in [-0.25, -0.2) is 9.79 Å². The van der Waals surface area contributed by atoms with Crippen LogP contribution in [0, 0.1) is 5.92 Å². The van der Waals surface area contributed by atoms with E-state index in [2.05, 4.69) is 9.98 Å². The van der Waals surface area contributed by atoms with Gasteiger partial charge in [0.1, 0.15) is 0 Å². The van der Waals surface area contributed by atoms with Crippen LogP contribution in [0.1, 0.15) is 29.6 Å². The number of amides is 2. The molecule has 2 aliphatic rings. The Morgan fingerprint density at radius 3 is 2.81 bits per heavy atom. The molecule has 1 unspecified atom stereocenters. The molecule has 3 rings (SSSR count). The highest BCUT2D eigenvalue weighted by molar-refractivity contribution is 8.14. The number of urea groups is 1. The molecule has 1 aliphatic heterocycles. The van der Waals surface area contributed by atoms with Gasteiger partial charge >= 0.3 is 6.03 Å². The van der Waals surface area contributed by atoms with Gasteiger partial charge in [-0.3, -0.25) is 4.79 Å². The van der Waals surface area contributed by atoms with Crippen molar-refractivity contribution in [3.05, 3.63) is 34.9 Å². The van der Waals surface area contributed by atoms with E-state index in [-0.39, 0.29) is 17.5 Å². The molecule has 0 radical (unpaired) electrons. The topological polar surface area (TPSA) is 58.9 Å². The van der Waals surface area contributed by atoms with Crippen LogP contribution in [0.2, 0.25) is 5.02 Å². The molecule has 1 aromatic carbocycles. The standard InChI is InChI=1S/C15H13ClN2O2S/c16-10-6-4-9(5-7-10)13(19)8-21-14-11-2-1-3-12(11)17-15(20)18-14/h4-7,11H,1-3,8H2. The molecule has 1 aromatic rings. The number of Topliss-reactive ketones (excluding diaryl/α,β-unsaturated/α-hetero) is 1. The predicted molar refractivity (Wildman–Crippen MR) is 85.8 cm³/mol. The van der Waals surface area contributed by atoms with E-state index >= 15 is 0 Å². The van der Waals surface area contributed by atoms with Crippen molar-refractivity contribution in [1.82, 2.24) is 0 Å². The smallest absolute Gasteiger partial charge is 0.293 e. The van der Waals surface area contributed by atoms with Crippen LogP contribution in [0.15, 0.2) is 34.3 Å². The molecule has 0 saturated heterocycles. The van der Waals surface area contributed by atoms with Crippen LogP contribution < -0.4 is 0 Å². The van der Waals surface area contributed by atoms with Gasteiger partial charge < -0.3 is 0 Å². The van der Waals surface area contributed by atoms with Gasteiger partial charge in [0.2, 0.25) is 0 Å². The lowest BCUT2D eigenvalue weighted by molar-refractivity contribution is 0.102. The zero-order valence-corrected chi connectivity index (χ0v) is 12.8. The number of aliphatic imine (C=N–C) groups is 2. The second-order valence-electron chi connectivity index (χ2n) is 5.00. The Hall–Kier alpha value is -1.46. The second kappa shape index (κ2) is 6.12. The summed E-state index contributed by atoms with van der Waals surface area (Å²) in [6.45, 7) is 0. The van der Waals surface area contributed by atoms with Gasteiger partial charge in [-0.1, -0.05) is 11.6 Å². The minimum atomic E-state index is -0.440. The summed E-state index contributed by atoms with van der Waals surface area (Å²) < 4.78 is 0. The highest BCUT2D eigenvalue weighted by Crippen LogP contribution is 2.31. The van der Waals surface area contributed by atoms with Crippen LogP contribution in [0.4, 0.5) is 4.79 Å². The van der Waals surface area contributed by atoms with E-state index in [1.165, 1.54) is 11.8 Å². The van der Waals surface area contributed by atoms with Gasteiger partial charge in [0.15, 0.2) is 5.78 Å². The molecule has 6 heteroatoms. The monoisotopic (exact) mass is 320 g/mol. The molecule has 1 atom stereocenters. The number of halogens is 1. The zero-order valence-electron chi connectivity index (χ0n) is 11.2.